The minimum absolute atomic E-state index is 0.0134. The molecule has 0 unspecified atom stereocenters. The van der Waals surface area contributed by atoms with Crippen molar-refractivity contribution in [2.75, 3.05) is 44.2 Å². The molecule has 2 fully saturated rings. The second-order valence-corrected chi connectivity index (χ2v) is 7.23. The third-order valence-corrected chi connectivity index (χ3v) is 5.43. The summed E-state index contributed by atoms with van der Waals surface area (Å²) >= 11 is 0. The molecule has 140 valence electrons. The second kappa shape index (κ2) is 9.00. The Bertz CT molecular complexity index is 658. The molecule has 26 heavy (non-hydrogen) atoms. The smallest absolute Gasteiger partial charge is 0.223 e. The van der Waals surface area contributed by atoms with Gasteiger partial charge in [0.2, 0.25) is 5.91 Å². The molecule has 0 spiro atoms. The van der Waals surface area contributed by atoms with Gasteiger partial charge in [-0.1, -0.05) is 0 Å². The van der Waals surface area contributed by atoms with Crippen molar-refractivity contribution in [1.82, 2.24) is 10.2 Å². The average molecular weight is 358 g/mol. The second-order valence-electron chi connectivity index (χ2n) is 7.23. The maximum atomic E-state index is 14.1. The Morgan fingerprint density at radius 3 is 2.62 bits per heavy atom. The van der Waals surface area contributed by atoms with Gasteiger partial charge in [0, 0.05) is 25.6 Å². The lowest BCUT2D eigenvalue weighted by Crippen LogP contribution is -2.41. The van der Waals surface area contributed by atoms with Crippen LogP contribution >= 0.6 is 0 Å². The van der Waals surface area contributed by atoms with Gasteiger partial charge in [0.05, 0.1) is 17.3 Å². The number of nitriles is 1. The van der Waals surface area contributed by atoms with Crippen molar-refractivity contribution in [2.24, 2.45) is 5.92 Å². The van der Waals surface area contributed by atoms with Crippen LogP contribution in [0.3, 0.4) is 0 Å². The molecular formula is C20H27FN4O. The van der Waals surface area contributed by atoms with Gasteiger partial charge in [-0.25, -0.2) is 4.39 Å². The van der Waals surface area contributed by atoms with Gasteiger partial charge in [0.1, 0.15) is 5.82 Å². The predicted molar refractivity (Wildman–Crippen MR) is 99.4 cm³/mol. The molecule has 0 aliphatic carbocycles. The van der Waals surface area contributed by atoms with Gasteiger partial charge in [0.25, 0.3) is 0 Å². The minimum atomic E-state index is -0.367. The van der Waals surface area contributed by atoms with Gasteiger partial charge in [-0.05, 0) is 69.9 Å². The van der Waals surface area contributed by atoms with Crippen molar-refractivity contribution in [3.8, 4) is 6.07 Å². The van der Waals surface area contributed by atoms with E-state index in [0.717, 1.165) is 32.4 Å². The quantitative estimate of drug-likeness (QED) is 0.794. The summed E-state index contributed by atoms with van der Waals surface area (Å²) in [7, 11) is 0. The van der Waals surface area contributed by atoms with E-state index in [4.69, 9.17) is 5.26 Å². The summed E-state index contributed by atoms with van der Waals surface area (Å²) in [5, 5.41) is 11.9. The van der Waals surface area contributed by atoms with Crippen LogP contribution in [0.25, 0.3) is 0 Å². The number of piperidine rings is 1. The first-order valence-electron chi connectivity index (χ1n) is 9.62. The normalized spacial score (nSPS) is 18.7. The predicted octanol–water partition coefficient (Wildman–Crippen LogP) is 2.52. The molecule has 0 atom stereocenters. The minimum Gasteiger partial charge on any atom is -0.369 e. The van der Waals surface area contributed by atoms with E-state index in [9.17, 15) is 9.18 Å². The van der Waals surface area contributed by atoms with E-state index in [2.05, 4.69) is 10.2 Å². The Kier molecular flexibility index (Phi) is 6.45. The molecule has 0 radical (unpaired) electrons. The fraction of sp³-hybridized carbons (Fsp3) is 0.600. The summed E-state index contributed by atoms with van der Waals surface area (Å²) in [5.74, 6) is -0.222. The fourth-order valence-electron chi connectivity index (χ4n) is 3.88. The summed E-state index contributed by atoms with van der Waals surface area (Å²) in [6, 6.07) is 6.52. The Hall–Kier alpha value is -2.13. The number of amides is 1. The summed E-state index contributed by atoms with van der Waals surface area (Å²) in [6.07, 6.45) is 5.06. The maximum absolute atomic E-state index is 14.1. The van der Waals surface area contributed by atoms with E-state index in [-0.39, 0.29) is 17.6 Å². The van der Waals surface area contributed by atoms with E-state index in [1.54, 1.807) is 12.1 Å². The number of nitrogens with one attached hydrogen (secondary N) is 1. The van der Waals surface area contributed by atoms with Crippen molar-refractivity contribution in [1.29, 1.82) is 5.26 Å². The molecule has 5 nitrogen and oxygen atoms in total. The summed E-state index contributed by atoms with van der Waals surface area (Å²) in [5.41, 5.74) is 0.850. The van der Waals surface area contributed by atoms with Gasteiger partial charge >= 0.3 is 0 Å². The first-order chi connectivity index (χ1) is 12.7. The van der Waals surface area contributed by atoms with Crippen molar-refractivity contribution < 1.29 is 9.18 Å². The summed E-state index contributed by atoms with van der Waals surface area (Å²) in [6.45, 7) is 5.51. The molecular weight excluding hydrogens is 331 g/mol. The largest absolute Gasteiger partial charge is 0.369 e. The van der Waals surface area contributed by atoms with E-state index in [1.807, 2.05) is 11.0 Å². The van der Waals surface area contributed by atoms with Gasteiger partial charge < -0.3 is 15.1 Å². The highest BCUT2D eigenvalue weighted by atomic mass is 19.1. The van der Waals surface area contributed by atoms with Crippen LogP contribution in [0.1, 0.15) is 37.7 Å². The number of likely N-dealkylation sites (tertiary alicyclic amines) is 1. The highest BCUT2D eigenvalue weighted by Crippen LogP contribution is 2.26. The molecule has 1 amide bonds. The number of halogens is 1. The molecule has 0 aromatic heterocycles. The van der Waals surface area contributed by atoms with Gasteiger partial charge in [-0.3, -0.25) is 4.79 Å². The van der Waals surface area contributed by atoms with E-state index in [0.29, 0.717) is 24.3 Å². The number of carbonyl (C=O) groups excluding carboxylic acids is 1. The van der Waals surface area contributed by atoms with Crippen molar-refractivity contribution >= 4 is 11.6 Å². The monoisotopic (exact) mass is 358 g/mol. The fourth-order valence-corrected chi connectivity index (χ4v) is 3.88. The molecule has 1 aromatic rings. The number of hydrogen-bond acceptors (Lipinski definition) is 4. The molecule has 3 rings (SSSR count). The van der Waals surface area contributed by atoms with Gasteiger partial charge in [0.15, 0.2) is 0 Å². The van der Waals surface area contributed by atoms with Crippen LogP contribution in [-0.4, -0.2) is 50.1 Å². The SMILES string of the molecule is N#Cc1ccc(N2CCC(C(=O)NCCCN3CCCC3)CC2)c(F)c1. The number of carbonyl (C=O) groups is 1. The van der Waals surface area contributed by atoms with Crippen LogP contribution in [-0.2, 0) is 4.79 Å². The highest BCUT2D eigenvalue weighted by molar-refractivity contribution is 5.79. The van der Waals surface area contributed by atoms with Gasteiger partial charge in [-0.15, -0.1) is 0 Å². The first-order valence-corrected chi connectivity index (χ1v) is 9.62. The number of nitrogens with zero attached hydrogens (tertiary/aromatic N) is 3. The maximum Gasteiger partial charge on any atom is 0.223 e. The molecule has 1 N–H and O–H groups in total. The Labute approximate surface area is 154 Å². The topological polar surface area (TPSA) is 59.4 Å². The van der Waals surface area contributed by atoms with Crippen LogP contribution in [0.2, 0.25) is 0 Å². The number of rotatable bonds is 6. The standard InChI is InChI=1S/C20H27FN4O/c21-18-14-16(15-22)4-5-19(18)25-12-6-17(7-13-25)20(26)23-8-3-11-24-9-1-2-10-24/h4-5,14,17H,1-3,6-13H2,(H,23,26). The lowest BCUT2D eigenvalue weighted by Gasteiger charge is -2.33. The molecule has 2 saturated heterocycles. The van der Waals surface area contributed by atoms with Crippen LogP contribution in [0.15, 0.2) is 18.2 Å². The summed E-state index contributed by atoms with van der Waals surface area (Å²) < 4.78 is 14.1. The lowest BCUT2D eigenvalue weighted by atomic mass is 9.95. The molecule has 6 heteroatoms. The van der Waals surface area contributed by atoms with Gasteiger partial charge in [-0.2, -0.15) is 5.26 Å². The molecule has 2 aliphatic rings. The van der Waals surface area contributed by atoms with E-state index in [1.165, 1.54) is 32.0 Å². The molecule has 1 aromatic carbocycles. The van der Waals surface area contributed by atoms with Crippen LogP contribution in [0.5, 0.6) is 0 Å². The average Bonchev–Trinajstić information content (AvgIpc) is 3.18. The third kappa shape index (κ3) is 4.73. The van der Waals surface area contributed by atoms with E-state index < -0.39 is 0 Å². The zero-order valence-corrected chi connectivity index (χ0v) is 15.2. The number of anilines is 1. The highest BCUT2D eigenvalue weighted by Gasteiger charge is 2.26. The number of hydrogen-bond donors (Lipinski definition) is 1. The third-order valence-electron chi connectivity index (χ3n) is 5.43. The van der Waals surface area contributed by atoms with Crippen molar-refractivity contribution in [3.05, 3.63) is 29.6 Å². The summed E-state index contributed by atoms with van der Waals surface area (Å²) in [4.78, 5) is 16.8. The van der Waals surface area contributed by atoms with Crippen LogP contribution < -0.4 is 10.2 Å². The molecule has 2 heterocycles. The van der Waals surface area contributed by atoms with Crippen LogP contribution in [0.4, 0.5) is 10.1 Å². The first kappa shape index (κ1) is 18.7. The zero-order chi connectivity index (χ0) is 18.4. The molecule has 0 bridgehead atoms. The molecule has 0 saturated carbocycles. The number of benzene rings is 1. The van der Waals surface area contributed by atoms with Crippen molar-refractivity contribution in [3.63, 3.8) is 0 Å². The Morgan fingerprint density at radius 2 is 1.96 bits per heavy atom. The van der Waals surface area contributed by atoms with E-state index >= 15 is 0 Å². The Balaban J connectivity index is 1.40. The zero-order valence-electron chi connectivity index (χ0n) is 15.2. The Morgan fingerprint density at radius 1 is 1.23 bits per heavy atom. The molecule has 2 aliphatic heterocycles. The van der Waals surface area contributed by atoms with Crippen LogP contribution in [0, 0.1) is 23.1 Å². The van der Waals surface area contributed by atoms with Crippen molar-refractivity contribution in [2.45, 2.75) is 32.1 Å². The lowest BCUT2D eigenvalue weighted by molar-refractivity contribution is -0.125.